The number of fused-ring (bicyclic) bond motifs is 1. The third-order valence-electron chi connectivity index (χ3n) is 7.88. The van der Waals surface area contributed by atoms with Crippen molar-refractivity contribution in [2.24, 2.45) is 5.41 Å². The average Bonchev–Trinajstić information content (AvgIpc) is 3.30. The molecule has 1 unspecified atom stereocenters. The van der Waals surface area contributed by atoms with E-state index in [2.05, 4.69) is 20.5 Å². The molecule has 1 spiro atoms. The van der Waals surface area contributed by atoms with E-state index in [1.807, 2.05) is 45.0 Å². The molecule has 1 aromatic carbocycles. The maximum absolute atomic E-state index is 13.6. The summed E-state index contributed by atoms with van der Waals surface area (Å²) < 4.78 is 6.58. The molecule has 6 rings (SSSR count). The lowest BCUT2D eigenvalue weighted by molar-refractivity contribution is -0.0435. The Morgan fingerprint density at radius 2 is 1.95 bits per heavy atom. The first kappa shape index (κ1) is 26.1. The number of aromatic amines is 1. The first-order valence-electron chi connectivity index (χ1n) is 13.9. The Labute approximate surface area is 232 Å². The Bertz CT molecular complexity index is 1370. The van der Waals surface area contributed by atoms with E-state index in [1.54, 1.807) is 4.90 Å². The van der Waals surface area contributed by atoms with Crippen LogP contribution in [0.4, 0.5) is 16.6 Å². The molecule has 0 bridgehead atoms. The summed E-state index contributed by atoms with van der Waals surface area (Å²) in [6.07, 6.45) is 3.74. The van der Waals surface area contributed by atoms with Gasteiger partial charge in [0.15, 0.2) is 0 Å². The SMILES string of the molecule is CC(C)(C)OC(=O)N1CC2(CCN(c3nc(NC4CCCNC4)c(-c4nc5ccccc5s4)c(=O)[nH]3)CC2)C1. The van der Waals surface area contributed by atoms with Gasteiger partial charge in [0.1, 0.15) is 22.0 Å². The molecule has 3 N–H and O–H groups in total. The number of hydrogen-bond donors (Lipinski definition) is 3. The average molecular weight is 552 g/mol. The molecule has 208 valence electrons. The van der Waals surface area contributed by atoms with Crippen molar-refractivity contribution in [2.45, 2.75) is 58.1 Å². The highest BCUT2D eigenvalue weighted by Crippen LogP contribution is 2.42. The molecule has 1 atom stereocenters. The highest BCUT2D eigenvalue weighted by molar-refractivity contribution is 7.21. The lowest BCUT2D eigenvalue weighted by Crippen LogP contribution is -2.62. The number of carbonyl (C=O) groups excluding carboxylic acids is 1. The lowest BCUT2D eigenvalue weighted by Gasteiger charge is -2.53. The number of piperidine rings is 2. The van der Waals surface area contributed by atoms with Crippen molar-refractivity contribution >= 4 is 39.4 Å². The van der Waals surface area contributed by atoms with Crippen LogP contribution in [0.25, 0.3) is 20.8 Å². The molecule has 3 aliphatic rings. The molecule has 0 radical (unpaired) electrons. The highest BCUT2D eigenvalue weighted by atomic mass is 32.1. The van der Waals surface area contributed by atoms with Gasteiger partial charge in [0, 0.05) is 44.2 Å². The molecular formula is C28H37N7O3S. The predicted octanol–water partition coefficient (Wildman–Crippen LogP) is 4.05. The molecule has 1 amide bonds. The molecule has 3 saturated heterocycles. The number of hydrogen-bond acceptors (Lipinski definition) is 9. The number of likely N-dealkylation sites (tertiary alicyclic amines) is 1. The highest BCUT2D eigenvalue weighted by Gasteiger charge is 2.48. The number of nitrogens with one attached hydrogen (secondary N) is 3. The van der Waals surface area contributed by atoms with E-state index < -0.39 is 5.60 Å². The molecule has 3 fully saturated rings. The number of H-pyrrole nitrogens is 1. The summed E-state index contributed by atoms with van der Waals surface area (Å²) in [5, 5.41) is 7.69. The third kappa shape index (κ3) is 5.47. The zero-order valence-corrected chi connectivity index (χ0v) is 23.7. The topological polar surface area (TPSA) is 115 Å². The van der Waals surface area contributed by atoms with Gasteiger partial charge in [0.25, 0.3) is 5.56 Å². The van der Waals surface area contributed by atoms with Gasteiger partial charge in [-0.25, -0.2) is 9.78 Å². The first-order chi connectivity index (χ1) is 18.7. The Morgan fingerprint density at radius 3 is 2.64 bits per heavy atom. The maximum atomic E-state index is 13.6. The second kappa shape index (κ2) is 10.1. The number of rotatable bonds is 4. The van der Waals surface area contributed by atoms with E-state index >= 15 is 0 Å². The zero-order valence-electron chi connectivity index (χ0n) is 22.9. The van der Waals surface area contributed by atoms with Crippen LogP contribution >= 0.6 is 11.3 Å². The minimum Gasteiger partial charge on any atom is -0.444 e. The van der Waals surface area contributed by atoms with Gasteiger partial charge in [-0.2, -0.15) is 4.98 Å². The smallest absolute Gasteiger partial charge is 0.410 e. The van der Waals surface area contributed by atoms with Gasteiger partial charge in [0.05, 0.1) is 10.2 Å². The predicted molar refractivity (Wildman–Crippen MR) is 155 cm³/mol. The van der Waals surface area contributed by atoms with Crippen molar-refractivity contribution in [3.63, 3.8) is 0 Å². The van der Waals surface area contributed by atoms with Crippen LogP contribution in [0.1, 0.15) is 46.5 Å². The fourth-order valence-electron chi connectivity index (χ4n) is 5.79. The fourth-order valence-corrected chi connectivity index (χ4v) is 6.80. The van der Waals surface area contributed by atoms with Crippen LogP contribution in [0, 0.1) is 5.41 Å². The number of anilines is 2. The number of ether oxygens (including phenoxy) is 1. The Balaban J connectivity index is 1.21. The fraction of sp³-hybridized carbons (Fsp3) is 0.571. The summed E-state index contributed by atoms with van der Waals surface area (Å²) in [6.45, 7) is 10.5. The molecular weight excluding hydrogens is 514 g/mol. The standard InChI is InChI=1S/C28H37N7O3S/c1-27(2,3)38-26(37)35-16-28(17-35)10-13-34(14-11-28)25-32-22(30-18-7-6-12-29-15-18)21(23(36)33-25)24-31-19-8-4-5-9-20(19)39-24/h4-5,8-9,18,29H,6-7,10-17H2,1-3H3,(H2,30,32,33,36). The molecule has 3 aromatic rings. The van der Waals surface area contributed by atoms with Crippen molar-refractivity contribution in [1.29, 1.82) is 0 Å². The molecule has 3 aliphatic heterocycles. The van der Waals surface area contributed by atoms with Gasteiger partial charge in [-0.3, -0.25) is 9.78 Å². The molecule has 0 aliphatic carbocycles. The van der Waals surface area contributed by atoms with Crippen LogP contribution in [0.2, 0.25) is 0 Å². The van der Waals surface area contributed by atoms with Crippen LogP contribution in [0.3, 0.4) is 0 Å². The van der Waals surface area contributed by atoms with Gasteiger partial charge in [-0.1, -0.05) is 12.1 Å². The summed E-state index contributed by atoms with van der Waals surface area (Å²) in [4.78, 5) is 42.8. The number of carbonyl (C=O) groups is 1. The first-order valence-corrected chi connectivity index (χ1v) is 14.7. The zero-order chi connectivity index (χ0) is 27.2. The van der Waals surface area contributed by atoms with Crippen LogP contribution in [-0.4, -0.2) is 76.9 Å². The molecule has 39 heavy (non-hydrogen) atoms. The molecule has 0 saturated carbocycles. The van der Waals surface area contributed by atoms with E-state index in [1.165, 1.54) is 11.3 Å². The number of amides is 1. The summed E-state index contributed by atoms with van der Waals surface area (Å²) in [5.74, 6) is 1.19. The van der Waals surface area contributed by atoms with E-state index in [9.17, 15) is 9.59 Å². The third-order valence-corrected chi connectivity index (χ3v) is 8.93. The van der Waals surface area contributed by atoms with E-state index in [-0.39, 0.29) is 23.1 Å². The second-order valence-electron chi connectivity index (χ2n) is 12.1. The van der Waals surface area contributed by atoms with Crippen molar-refractivity contribution in [1.82, 2.24) is 25.2 Å². The molecule has 5 heterocycles. The summed E-state index contributed by atoms with van der Waals surface area (Å²) in [5.41, 5.74) is 0.839. The quantitative estimate of drug-likeness (QED) is 0.445. The summed E-state index contributed by atoms with van der Waals surface area (Å²) in [6, 6.07) is 8.14. The normalized spacial score (nSPS) is 21.2. The number of nitrogens with zero attached hydrogens (tertiary/aromatic N) is 4. The van der Waals surface area contributed by atoms with E-state index in [4.69, 9.17) is 14.7 Å². The molecule has 10 nitrogen and oxygen atoms in total. The van der Waals surface area contributed by atoms with Crippen LogP contribution in [0.15, 0.2) is 29.1 Å². The number of thiazole rings is 1. The van der Waals surface area contributed by atoms with E-state index in [0.29, 0.717) is 22.3 Å². The van der Waals surface area contributed by atoms with Crippen molar-refractivity contribution in [3.8, 4) is 10.6 Å². The Morgan fingerprint density at radius 1 is 1.18 bits per heavy atom. The Hall–Kier alpha value is -3.18. The van der Waals surface area contributed by atoms with Crippen molar-refractivity contribution < 1.29 is 9.53 Å². The summed E-state index contributed by atoms with van der Waals surface area (Å²) in [7, 11) is 0. The lowest BCUT2D eigenvalue weighted by atomic mass is 9.72. The largest absolute Gasteiger partial charge is 0.444 e. The maximum Gasteiger partial charge on any atom is 0.410 e. The van der Waals surface area contributed by atoms with Gasteiger partial charge < -0.3 is 25.2 Å². The van der Waals surface area contributed by atoms with Gasteiger partial charge in [-0.05, 0) is 65.1 Å². The van der Waals surface area contributed by atoms with Gasteiger partial charge in [-0.15, -0.1) is 11.3 Å². The molecule has 2 aromatic heterocycles. The minimum atomic E-state index is -0.488. The monoisotopic (exact) mass is 551 g/mol. The van der Waals surface area contributed by atoms with Gasteiger partial charge >= 0.3 is 6.09 Å². The number of benzene rings is 1. The van der Waals surface area contributed by atoms with Gasteiger partial charge in [0.2, 0.25) is 5.95 Å². The van der Waals surface area contributed by atoms with Crippen molar-refractivity contribution in [3.05, 3.63) is 34.6 Å². The number of para-hydroxylation sites is 1. The second-order valence-corrected chi connectivity index (χ2v) is 13.1. The Kier molecular flexibility index (Phi) is 6.74. The number of aromatic nitrogens is 3. The summed E-state index contributed by atoms with van der Waals surface area (Å²) >= 11 is 1.52. The van der Waals surface area contributed by atoms with Crippen molar-refractivity contribution in [2.75, 3.05) is 49.5 Å². The minimum absolute atomic E-state index is 0.115. The van der Waals surface area contributed by atoms with Crippen LogP contribution in [-0.2, 0) is 4.74 Å². The van der Waals surface area contributed by atoms with Crippen LogP contribution < -0.4 is 21.1 Å². The molecule has 11 heteroatoms. The van der Waals surface area contributed by atoms with E-state index in [0.717, 1.165) is 75.2 Å². The van der Waals surface area contributed by atoms with Crippen LogP contribution in [0.5, 0.6) is 0 Å².